The second kappa shape index (κ2) is 9.92. The van der Waals surface area contributed by atoms with Crippen LogP contribution in [0.5, 0.6) is 11.5 Å². The van der Waals surface area contributed by atoms with E-state index in [0.29, 0.717) is 11.3 Å². The highest BCUT2D eigenvalue weighted by Crippen LogP contribution is 2.47. The number of aromatic hydroxyl groups is 1. The van der Waals surface area contributed by atoms with E-state index in [2.05, 4.69) is 26.5 Å². The van der Waals surface area contributed by atoms with Crippen molar-refractivity contribution in [1.29, 1.82) is 0 Å². The van der Waals surface area contributed by atoms with E-state index in [1.54, 1.807) is 6.07 Å². The molecule has 0 saturated carbocycles. The first-order valence-corrected chi connectivity index (χ1v) is 10.3. The first-order valence-electron chi connectivity index (χ1n) is 10.3. The Morgan fingerprint density at radius 2 is 2.07 bits per heavy atom. The van der Waals surface area contributed by atoms with Crippen molar-refractivity contribution in [3.8, 4) is 11.5 Å². The summed E-state index contributed by atoms with van der Waals surface area (Å²) in [4.78, 5) is 12.1. The summed E-state index contributed by atoms with van der Waals surface area (Å²) in [6.07, 6.45) is 6.90. The summed E-state index contributed by atoms with van der Waals surface area (Å²) >= 11 is 0. The lowest BCUT2D eigenvalue weighted by atomic mass is 9.73. The van der Waals surface area contributed by atoms with Crippen molar-refractivity contribution in [3.63, 3.8) is 0 Å². The molecule has 1 aliphatic carbocycles. The number of phenols is 1. The van der Waals surface area contributed by atoms with Gasteiger partial charge in [-0.1, -0.05) is 43.6 Å². The van der Waals surface area contributed by atoms with E-state index in [1.165, 1.54) is 12.5 Å². The van der Waals surface area contributed by atoms with Crippen LogP contribution in [0.4, 0.5) is 0 Å². The minimum Gasteiger partial charge on any atom is -0.507 e. The highest BCUT2D eigenvalue weighted by molar-refractivity contribution is 5.77. The molecule has 0 amide bonds. The van der Waals surface area contributed by atoms with Crippen LogP contribution in [-0.4, -0.2) is 22.3 Å². The molecule has 0 spiro atoms. The Kier molecular flexibility index (Phi) is 7.88. The zero-order valence-electron chi connectivity index (χ0n) is 17.6. The number of unbranched alkanes of at least 4 members (excludes halogenated alkanes) is 2. The first-order chi connectivity index (χ1) is 13.2. The van der Waals surface area contributed by atoms with E-state index in [0.717, 1.165) is 49.7 Å². The summed E-state index contributed by atoms with van der Waals surface area (Å²) < 4.78 is 5.54. The lowest BCUT2D eigenvalue weighted by Crippen LogP contribution is -2.24. The van der Waals surface area contributed by atoms with Gasteiger partial charge in [0.25, 0.3) is 0 Å². The van der Waals surface area contributed by atoms with E-state index in [4.69, 9.17) is 4.74 Å². The molecule has 154 valence electrons. The summed E-state index contributed by atoms with van der Waals surface area (Å²) in [6, 6.07) is 3.64. The number of esters is 1. The molecule has 1 aliphatic rings. The maximum atomic E-state index is 12.1. The quantitative estimate of drug-likeness (QED) is 0.271. The van der Waals surface area contributed by atoms with E-state index in [-0.39, 0.29) is 17.6 Å². The minimum atomic E-state index is -1.22. The second-order valence-electron chi connectivity index (χ2n) is 8.11. The topological polar surface area (TPSA) is 66.8 Å². The van der Waals surface area contributed by atoms with Gasteiger partial charge >= 0.3 is 5.97 Å². The second-order valence-corrected chi connectivity index (χ2v) is 8.11. The van der Waals surface area contributed by atoms with Crippen molar-refractivity contribution < 1.29 is 19.7 Å². The van der Waals surface area contributed by atoms with Crippen molar-refractivity contribution >= 4 is 5.97 Å². The SMILES string of the molecule is C=C(C)C1CCC(C)=C[C@H]1c1c(O)cc(CCCCC)cc1OC(=O)[C@@H](C)O. The Bertz CT molecular complexity index is 745. The molecule has 1 unspecified atom stereocenters. The van der Waals surface area contributed by atoms with Crippen LogP contribution < -0.4 is 4.74 Å². The van der Waals surface area contributed by atoms with Gasteiger partial charge in [-0.3, -0.25) is 0 Å². The molecule has 3 atom stereocenters. The van der Waals surface area contributed by atoms with Crippen LogP contribution in [0.2, 0.25) is 0 Å². The van der Waals surface area contributed by atoms with Crippen LogP contribution in [0, 0.1) is 5.92 Å². The van der Waals surface area contributed by atoms with Gasteiger partial charge < -0.3 is 14.9 Å². The highest BCUT2D eigenvalue weighted by atomic mass is 16.5. The van der Waals surface area contributed by atoms with Crippen LogP contribution in [-0.2, 0) is 11.2 Å². The van der Waals surface area contributed by atoms with Gasteiger partial charge in [0.15, 0.2) is 0 Å². The number of carbonyl (C=O) groups excluding carboxylic acids is 1. The molecule has 1 aromatic carbocycles. The number of hydrogen-bond donors (Lipinski definition) is 2. The highest BCUT2D eigenvalue weighted by Gasteiger charge is 2.31. The average Bonchev–Trinajstić information content (AvgIpc) is 2.61. The molecule has 0 saturated heterocycles. The van der Waals surface area contributed by atoms with Crippen molar-refractivity contribution in [1.82, 2.24) is 0 Å². The molecule has 0 aromatic heterocycles. The Hall–Kier alpha value is -2.07. The maximum absolute atomic E-state index is 12.1. The standard InChI is InChI=1S/C24H34O4/c1-6-7-8-9-18-13-21(26)23(22(14-18)28-24(27)17(5)25)20-12-16(4)10-11-19(20)15(2)3/h12-14,17,19-20,25-26H,2,6-11H2,1,3-5H3/t17-,19?,20-/m1/s1. The fourth-order valence-electron chi connectivity index (χ4n) is 3.91. The molecule has 0 heterocycles. The number of carbonyl (C=O) groups is 1. The molecule has 28 heavy (non-hydrogen) atoms. The fraction of sp³-hybridized carbons (Fsp3) is 0.542. The molecule has 4 nitrogen and oxygen atoms in total. The summed E-state index contributed by atoms with van der Waals surface area (Å²) in [5.74, 6) is -0.156. The summed E-state index contributed by atoms with van der Waals surface area (Å²) in [5, 5.41) is 20.5. The predicted molar refractivity (Wildman–Crippen MR) is 113 cm³/mol. The van der Waals surface area contributed by atoms with E-state index in [1.807, 2.05) is 13.0 Å². The largest absolute Gasteiger partial charge is 0.507 e. The van der Waals surface area contributed by atoms with E-state index < -0.39 is 12.1 Å². The number of aliphatic hydroxyl groups is 1. The van der Waals surface area contributed by atoms with Gasteiger partial charge in [-0.15, -0.1) is 0 Å². The van der Waals surface area contributed by atoms with Gasteiger partial charge in [0, 0.05) is 11.5 Å². The molecule has 4 heteroatoms. The Morgan fingerprint density at radius 3 is 2.68 bits per heavy atom. The molecule has 2 rings (SSSR count). The van der Waals surface area contributed by atoms with Crippen LogP contribution in [0.25, 0.3) is 0 Å². The predicted octanol–water partition coefficient (Wildman–Crippen LogP) is 5.43. The van der Waals surface area contributed by atoms with Crippen LogP contribution in [0.15, 0.2) is 35.9 Å². The number of benzene rings is 1. The molecule has 1 aromatic rings. The smallest absolute Gasteiger partial charge is 0.340 e. The first kappa shape index (κ1) is 22.2. The molecule has 2 N–H and O–H groups in total. The molecule has 0 fully saturated rings. The zero-order chi connectivity index (χ0) is 20.8. The lowest BCUT2D eigenvalue weighted by molar-refractivity contribution is -0.142. The molecular weight excluding hydrogens is 352 g/mol. The minimum absolute atomic E-state index is 0.104. The number of allylic oxidation sites excluding steroid dienone is 3. The number of rotatable bonds is 8. The van der Waals surface area contributed by atoms with E-state index >= 15 is 0 Å². The number of ether oxygens (including phenoxy) is 1. The summed E-state index contributed by atoms with van der Waals surface area (Å²) in [7, 11) is 0. The normalized spacial score (nSPS) is 20.4. The van der Waals surface area contributed by atoms with Crippen molar-refractivity contribution in [2.24, 2.45) is 5.92 Å². The number of aliphatic hydroxyl groups excluding tert-OH is 1. The molecule has 0 bridgehead atoms. The average molecular weight is 387 g/mol. The monoisotopic (exact) mass is 386 g/mol. The number of phenolic OH excluding ortho intramolecular Hbond substituents is 1. The summed E-state index contributed by atoms with van der Waals surface area (Å²) in [5.41, 5.74) is 3.85. The lowest BCUT2D eigenvalue weighted by Gasteiger charge is -2.32. The molecule has 0 radical (unpaired) electrons. The molecule has 0 aliphatic heterocycles. The zero-order valence-corrected chi connectivity index (χ0v) is 17.6. The van der Waals surface area contributed by atoms with Crippen LogP contribution in [0.3, 0.4) is 0 Å². The van der Waals surface area contributed by atoms with Crippen molar-refractivity contribution in [3.05, 3.63) is 47.1 Å². The molecular formula is C24H34O4. The third kappa shape index (κ3) is 5.48. The van der Waals surface area contributed by atoms with Crippen LogP contribution >= 0.6 is 0 Å². The number of hydrogen-bond acceptors (Lipinski definition) is 4. The third-order valence-electron chi connectivity index (χ3n) is 5.51. The van der Waals surface area contributed by atoms with Crippen molar-refractivity contribution in [2.75, 3.05) is 0 Å². The van der Waals surface area contributed by atoms with Gasteiger partial charge in [0.2, 0.25) is 0 Å². The van der Waals surface area contributed by atoms with Gasteiger partial charge in [-0.25, -0.2) is 4.79 Å². The fourth-order valence-corrected chi connectivity index (χ4v) is 3.91. The van der Waals surface area contributed by atoms with Gasteiger partial charge in [-0.2, -0.15) is 0 Å². The van der Waals surface area contributed by atoms with Gasteiger partial charge in [0.1, 0.15) is 17.6 Å². The Balaban J connectivity index is 2.51. The number of aryl methyl sites for hydroxylation is 1. The summed E-state index contributed by atoms with van der Waals surface area (Å²) in [6.45, 7) is 11.8. The Labute approximate surface area is 168 Å². The maximum Gasteiger partial charge on any atom is 0.340 e. The van der Waals surface area contributed by atoms with Crippen molar-refractivity contribution in [2.45, 2.75) is 78.2 Å². The Morgan fingerprint density at radius 1 is 1.36 bits per heavy atom. The third-order valence-corrected chi connectivity index (χ3v) is 5.51. The van der Waals surface area contributed by atoms with E-state index in [9.17, 15) is 15.0 Å². The van der Waals surface area contributed by atoms with Crippen LogP contribution in [0.1, 0.15) is 76.8 Å². The van der Waals surface area contributed by atoms with Gasteiger partial charge in [0.05, 0.1) is 0 Å². The van der Waals surface area contributed by atoms with Gasteiger partial charge in [-0.05, 0) is 70.1 Å².